The molecular weight excluding hydrogens is 328 g/mol. The first kappa shape index (κ1) is 15.8. The van der Waals surface area contributed by atoms with Gasteiger partial charge in [-0.15, -0.1) is 0 Å². The van der Waals surface area contributed by atoms with Crippen LogP contribution in [0.3, 0.4) is 0 Å². The maximum atomic E-state index is 11.5. The molecule has 0 bridgehead atoms. The van der Waals surface area contributed by atoms with E-state index in [0.29, 0.717) is 5.71 Å². The Labute approximate surface area is 149 Å². The predicted octanol–water partition coefficient (Wildman–Crippen LogP) is 3.52. The predicted molar refractivity (Wildman–Crippen MR) is 99.5 cm³/mol. The van der Waals surface area contributed by atoms with Gasteiger partial charge in [-0.25, -0.2) is 4.98 Å². The third-order valence-electron chi connectivity index (χ3n) is 4.35. The van der Waals surface area contributed by atoms with Crippen molar-refractivity contribution in [2.75, 3.05) is 0 Å². The van der Waals surface area contributed by atoms with Crippen LogP contribution in [-0.4, -0.2) is 20.5 Å². The Morgan fingerprint density at radius 2 is 1.96 bits per heavy atom. The quantitative estimate of drug-likeness (QED) is 0.203. The van der Waals surface area contributed by atoms with Crippen molar-refractivity contribution in [3.8, 4) is 16.8 Å². The van der Waals surface area contributed by atoms with Crippen LogP contribution in [0.15, 0.2) is 78.5 Å². The molecule has 2 aromatic carbocycles. The van der Waals surface area contributed by atoms with E-state index in [0.717, 1.165) is 38.1 Å². The molecule has 0 saturated heterocycles. The van der Waals surface area contributed by atoms with Gasteiger partial charge in [0.1, 0.15) is 6.33 Å². The van der Waals surface area contributed by atoms with Crippen molar-refractivity contribution >= 4 is 16.7 Å². The summed E-state index contributed by atoms with van der Waals surface area (Å²) in [6, 6.07) is 17.3. The second kappa shape index (κ2) is 6.33. The summed E-state index contributed by atoms with van der Waals surface area (Å²) in [6.45, 7) is 1.74. The molecule has 0 amide bonds. The largest absolute Gasteiger partial charge is 0.619 e. The number of benzene rings is 2. The van der Waals surface area contributed by atoms with Crippen molar-refractivity contribution in [2.45, 2.75) is 6.92 Å². The first-order valence-corrected chi connectivity index (χ1v) is 8.11. The minimum Gasteiger partial charge on any atom is -0.619 e. The van der Waals surface area contributed by atoms with Crippen LogP contribution in [0.25, 0.3) is 27.8 Å². The van der Waals surface area contributed by atoms with Crippen molar-refractivity contribution in [2.24, 2.45) is 5.16 Å². The summed E-state index contributed by atoms with van der Waals surface area (Å²) in [5, 5.41) is 23.7. The van der Waals surface area contributed by atoms with Crippen molar-refractivity contribution in [1.29, 1.82) is 0 Å². The molecule has 6 heteroatoms. The van der Waals surface area contributed by atoms with E-state index in [2.05, 4.69) is 10.1 Å². The van der Waals surface area contributed by atoms with Crippen LogP contribution in [0.2, 0.25) is 0 Å². The topological polar surface area (TPSA) is 77.4 Å². The van der Waals surface area contributed by atoms with Crippen LogP contribution in [0.4, 0.5) is 0 Å². The lowest BCUT2D eigenvalue weighted by molar-refractivity contribution is -0.604. The number of hydrogen-bond donors (Lipinski definition) is 1. The van der Waals surface area contributed by atoms with Gasteiger partial charge in [0.15, 0.2) is 12.4 Å². The van der Waals surface area contributed by atoms with E-state index in [1.807, 2.05) is 53.1 Å². The number of imidazole rings is 1. The molecule has 0 radical (unpaired) electrons. The molecule has 2 heterocycles. The van der Waals surface area contributed by atoms with Crippen LogP contribution >= 0.6 is 0 Å². The van der Waals surface area contributed by atoms with Crippen molar-refractivity contribution in [3.05, 3.63) is 84.1 Å². The van der Waals surface area contributed by atoms with Gasteiger partial charge in [-0.2, -0.15) is 4.73 Å². The summed E-state index contributed by atoms with van der Waals surface area (Å²) in [6.07, 6.45) is 4.78. The fraction of sp³-hybridized carbons (Fsp3) is 0.0500. The minimum atomic E-state index is 0.540. The van der Waals surface area contributed by atoms with Gasteiger partial charge in [-0.3, -0.25) is 4.57 Å². The lowest BCUT2D eigenvalue weighted by Crippen LogP contribution is -2.23. The highest BCUT2D eigenvalue weighted by atomic mass is 16.5. The van der Waals surface area contributed by atoms with Crippen LogP contribution in [0.5, 0.6) is 0 Å². The Balaban J connectivity index is 1.80. The molecule has 4 aromatic rings. The Morgan fingerprint density at radius 3 is 2.77 bits per heavy atom. The molecule has 0 unspecified atom stereocenters. The highest BCUT2D eigenvalue weighted by Gasteiger charge is 2.09. The normalized spacial score (nSPS) is 11.8. The third kappa shape index (κ3) is 2.77. The molecule has 4 rings (SSSR count). The Morgan fingerprint density at radius 1 is 1.12 bits per heavy atom. The Hall–Kier alpha value is -3.67. The highest BCUT2D eigenvalue weighted by molar-refractivity contribution is 6.00. The van der Waals surface area contributed by atoms with Gasteiger partial charge in [0.25, 0.3) is 0 Å². The van der Waals surface area contributed by atoms with Gasteiger partial charge in [-0.05, 0) is 42.8 Å². The van der Waals surface area contributed by atoms with Gasteiger partial charge in [0.2, 0.25) is 0 Å². The van der Waals surface area contributed by atoms with E-state index in [9.17, 15) is 5.21 Å². The van der Waals surface area contributed by atoms with E-state index in [1.54, 1.807) is 25.5 Å². The zero-order chi connectivity index (χ0) is 18.1. The fourth-order valence-electron chi connectivity index (χ4n) is 2.96. The number of oxime groups is 1. The molecule has 0 saturated carbocycles. The number of rotatable bonds is 3. The fourth-order valence-corrected chi connectivity index (χ4v) is 2.96. The van der Waals surface area contributed by atoms with Crippen molar-refractivity contribution < 1.29 is 9.94 Å². The molecule has 128 valence electrons. The molecule has 0 aliphatic heterocycles. The number of hydrogen-bond acceptors (Lipinski definition) is 4. The second-order valence-electron chi connectivity index (χ2n) is 6.01. The van der Waals surface area contributed by atoms with Gasteiger partial charge < -0.3 is 10.4 Å². The van der Waals surface area contributed by atoms with E-state index in [1.165, 1.54) is 6.20 Å². The summed E-state index contributed by atoms with van der Waals surface area (Å²) in [5.74, 6) is 0. The van der Waals surface area contributed by atoms with E-state index in [4.69, 9.17) is 5.21 Å². The van der Waals surface area contributed by atoms with Gasteiger partial charge in [0.05, 0.1) is 16.7 Å². The van der Waals surface area contributed by atoms with Crippen LogP contribution in [0, 0.1) is 5.21 Å². The Kier molecular flexibility index (Phi) is 3.85. The van der Waals surface area contributed by atoms with Crippen LogP contribution in [-0.2, 0) is 0 Å². The zero-order valence-electron chi connectivity index (χ0n) is 14.1. The lowest BCUT2D eigenvalue weighted by atomic mass is 10.1. The van der Waals surface area contributed by atoms with Crippen molar-refractivity contribution in [1.82, 2.24) is 9.55 Å². The average molecular weight is 344 g/mol. The summed E-state index contributed by atoms with van der Waals surface area (Å²) in [7, 11) is 0. The van der Waals surface area contributed by atoms with Crippen molar-refractivity contribution in [3.63, 3.8) is 0 Å². The molecule has 0 atom stereocenters. The van der Waals surface area contributed by atoms with Crippen LogP contribution < -0.4 is 4.73 Å². The number of pyridine rings is 1. The average Bonchev–Trinajstić information content (AvgIpc) is 3.10. The molecule has 6 nitrogen and oxygen atoms in total. The van der Waals surface area contributed by atoms with Gasteiger partial charge in [-0.1, -0.05) is 23.4 Å². The first-order valence-electron chi connectivity index (χ1n) is 8.11. The molecule has 1 N–H and O–H groups in total. The highest BCUT2D eigenvalue weighted by Crippen LogP contribution is 2.24. The summed E-state index contributed by atoms with van der Waals surface area (Å²) in [5.41, 5.74) is 5.88. The number of aromatic nitrogens is 3. The third-order valence-corrected chi connectivity index (χ3v) is 4.35. The number of fused-ring (bicyclic) bond motifs is 1. The molecule has 0 spiro atoms. The molecule has 0 aliphatic rings. The smallest absolute Gasteiger partial charge is 0.188 e. The standard InChI is InChI=1S/C20H16N4O2/c1-14(22-25)15-7-8-20-19(11-15)21-13-24(20)18-6-2-4-16(10-18)17-5-3-9-23(26)12-17/h2-13,25H,1H3/b22-14-. The zero-order valence-corrected chi connectivity index (χ0v) is 14.1. The summed E-state index contributed by atoms with van der Waals surface area (Å²) < 4.78 is 2.78. The second-order valence-corrected chi connectivity index (χ2v) is 6.01. The SMILES string of the molecule is C/C(=N/O)c1ccc2c(c1)ncn2-c1cccc(-c2ccc[n+]([O-])c2)c1. The Bertz CT molecular complexity index is 1130. The molecule has 2 aromatic heterocycles. The molecule has 26 heavy (non-hydrogen) atoms. The first-order chi connectivity index (χ1) is 12.7. The van der Waals surface area contributed by atoms with Gasteiger partial charge in [0, 0.05) is 22.9 Å². The maximum absolute atomic E-state index is 11.5. The summed E-state index contributed by atoms with van der Waals surface area (Å²) >= 11 is 0. The van der Waals surface area contributed by atoms with E-state index < -0.39 is 0 Å². The maximum Gasteiger partial charge on any atom is 0.188 e. The molecule has 0 aliphatic carbocycles. The lowest BCUT2D eigenvalue weighted by Gasteiger charge is -2.08. The van der Waals surface area contributed by atoms with Crippen LogP contribution in [0.1, 0.15) is 12.5 Å². The molecule has 0 fully saturated rings. The van der Waals surface area contributed by atoms with Gasteiger partial charge >= 0.3 is 0 Å². The monoisotopic (exact) mass is 344 g/mol. The number of nitrogens with zero attached hydrogens (tertiary/aromatic N) is 4. The molecular formula is C20H16N4O2. The van der Waals surface area contributed by atoms with E-state index >= 15 is 0 Å². The van der Waals surface area contributed by atoms with E-state index in [-0.39, 0.29) is 0 Å². The minimum absolute atomic E-state index is 0.540. The summed E-state index contributed by atoms with van der Waals surface area (Å²) in [4.78, 5) is 4.46.